The fourth-order valence-corrected chi connectivity index (χ4v) is 5.90. The van der Waals surface area contributed by atoms with Crippen LogP contribution in [0.25, 0.3) is 11.1 Å². The van der Waals surface area contributed by atoms with E-state index < -0.39 is 0 Å². The Balaban J connectivity index is 1.76. The van der Waals surface area contributed by atoms with E-state index in [1.54, 1.807) is 0 Å². The quantitative estimate of drug-likeness (QED) is 0.266. The molecule has 0 saturated heterocycles. The SMILES string of the molecule is CC(C)(C)c1ccc(N(c2ccc(C(C)(C)C)cc2)c2cc(Cl)cc3c2C(C)(C)c2ccccc2-3)cc1. The molecule has 190 valence electrons. The molecule has 0 bridgehead atoms. The van der Waals surface area contributed by atoms with E-state index in [1.807, 2.05) is 0 Å². The van der Waals surface area contributed by atoms with E-state index >= 15 is 0 Å². The summed E-state index contributed by atoms with van der Waals surface area (Å²) in [6.07, 6.45) is 0. The van der Waals surface area contributed by atoms with Crippen molar-refractivity contribution in [3.05, 3.63) is 112 Å². The molecule has 0 aliphatic heterocycles. The molecule has 0 unspecified atom stereocenters. The first-order valence-corrected chi connectivity index (χ1v) is 13.6. The lowest BCUT2D eigenvalue weighted by atomic mass is 9.81. The van der Waals surface area contributed by atoms with Crippen molar-refractivity contribution in [1.29, 1.82) is 0 Å². The van der Waals surface area contributed by atoms with Gasteiger partial charge in [-0.2, -0.15) is 0 Å². The summed E-state index contributed by atoms with van der Waals surface area (Å²) < 4.78 is 0. The first-order valence-electron chi connectivity index (χ1n) is 13.2. The van der Waals surface area contributed by atoms with Gasteiger partial charge >= 0.3 is 0 Å². The van der Waals surface area contributed by atoms with E-state index in [9.17, 15) is 0 Å². The van der Waals surface area contributed by atoms with Crippen LogP contribution in [0.3, 0.4) is 0 Å². The number of nitrogens with zero attached hydrogens (tertiary/aromatic N) is 1. The van der Waals surface area contributed by atoms with E-state index in [0.29, 0.717) is 0 Å². The van der Waals surface area contributed by atoms with Gasteiger partial charge < -0.3 is 4.90 Å². The minimum atomic E-state index is -0.152. The molecule has 4 aromatic carbocycles. The lowest BCUT2D eigenvalue weighted by molar-refractivity contribution is 0.590. The average molecular weight is 508 g/mol. The van der Waals surface area contributed by atoms with Gasteiger partial charge in [-0.3, -0.25) is 0 Å². The van der Waals surface area contributed by atoms with Gasteiger partial charge in [-0.05, 0) is 80.6 Å². The molecule has 0 amide bonds. The molecule has 0 atom stereocenters. The van der Waals surface area contributed by atoms with Crippen LogP contribution in [0, 0.1) is 0 Å². The topological polar surface area (TPSA) is 3.24 Å². The Bertz CT molecular complexity index is 1390. The fraction of sp³-hybridized carbons (Fsp3) is 0.314. The van der Waals surface area contributed by atoms with Gasteiger partial charge in [-0.1, -0.05) is 116 Å². The summed E-state index contributed by atoms with van der Waals surface area (Å²) in [6.45, 7) is 18.2. The van der Waals surface area contributed by atoms with Gasteiger partial charge in [0.1, 0.15) is 0 Å². The third kappa shape index (κ3) is 4.48. The summed E-state index contributed by atoms with van der Waals surface area (Å²) in [6, 6.07) is 31.1. The molecule has 4 aromatic rings. The van der Waals surface area contributed by atoms with Gasteiger partial charge in [0.15, 0.2) is 0 Å². The molecule has 1 aliphatic rings. The highest BCUT2D eigenvalue weighted by Gasteiger charge is 2.39. The largest absolute Gasteiger partial charge is 0.310 e. The van der Waals surface area contributed by atoms with E-state index in [2.05, 4.69) is 145 Å². The number of hydrogen-bond acceptors (Lipinski definition) is 1. The van der Waals surface area contributed by atoms with Crippen LogP contribution in [0.5, 0.6) is 0 Å². The van der Waals surface area contributed by atoms with Gasteiger partial charge in [-0.25, -0.2) is 0 Å². The van der Waals surface area contributed by atoms with Crippen LogP contribution in [0.1, 0.15) is 77.6 Å². The smallest absolute Gasteiger partial charge is 0.0523 e. The van der Waals surface area contributed by atoms with Crippen LogP contribution >= 0.6 is 11.6 Å². The molecular weight excluding hydrogens is 470 g/mol. The molecule has 0 saturated carbocycles. The number of benzene rings is 4. The highest BCUT2D eigenvalue weighted by atomic mass is 35.5. The summed E-state index contributed by atoms with van der Waals surface area (Å²) in [4.78, 5) is 2.39. The molecule has 1 aliphatic carbocycles. The standard InChI is InChI=1S/C35H38ClN/c1-33(2,3)23-13-17-26(18-14-23)37(27-19-15-24(16-20-27)34(4,5)6)31-22-25(36)21-29-28-11-9-10-12-30(28)35(7,8)32(29)31/h9-22H,1-8H3. The second-order valence-electron chi connectivity index (χ2n) is 12.9. The van der Waals surface area contributed by atoms with Crippen molar-refractivity contribution < 1.29 is 0 Å². The van der Waals surface area contributed by atoms with Crippen LogP contribution in [-0.2, 0) is 16.2 Å². The zero-order chi connectivity index (χ0) is 26.8. The lowest BCUT2D eigenvalue weighted by Gasteiger charge is -2.33. The molecule has 0 spiro atoms. The summed E-state index contributed by atoms with van der Waals surface area (Å²) in [5.41, 5.74) is 11.3. The van der Waals surface area contributed by atoms with Crippen LogP contribution in [-0.4, -0.2) is 0 Å². The van der Waals surface area contributed by atoms with Crippen molar-refractivity contribution in [3.8, 4) is 11.1 Å². The second-order valence-corrected chi connectivity index (χ2v) is 13.4. The Morgan fingerprint density at radius 1 is 0.622 bits per heavy atom. The fourth-order valence-electron chi connectivity index (χ4n) is 5.68. The van der Waals surface area contributed by atoms with Gasteiger partial charge in [0.2, 0.25) is 0 Å². The van der Waals surface area contributed by atoms with Crippen LogP contribution in [0.4, 0.5) is 17.1 Å². The molecular formula is C35H38ClN. The maximum absolute atomic E-state index is 6.85. The van der Waals surface area contributed by atoms with Crippen molar-refractivity contribution in [2.45, 2.75) is 71.6 Å². The molecule has 37 heavy (non-hydrogen) atoms. The Morgan fingerprint density at radius 3 is 1.59 bits per heavy atom. The Hall–Kier alpha value is -3.03. The summed E-state index contributed by atoms with van der Waals surface area (Å²) in [7, 11) is 0. The van der Waals surface area contributed by atoms with Crippen molar-refractivity contribution in [3.63, 3.8) is 0 Å². The minimum Gasteiger partial charge on any atom is -0.310 e. The van der Waals surface area contributed by atoms with E-state index in [-0.39, 0.29) is 16.2 Å². The Morgan fingerprint density at radius 2 is 1.11 bits per heavy atom. The van der Waals surface area contributed by atoms with Crippen LogP contribution in [0.15, 0.2) is 84.9 Å². The van der Waals surface area contributed by atoms with Gasteiger partial charge in [0, 0.05) is 21.8 Å². The third-order valence-corrected chi connectivity index (χ3v) is 8.04. The van der Waals surface area contributed by atoms with Crippen molar-refractivity contribution in [1.82, 2.24) is 0 Å². The number of halogens is 1. The first kappa shape index (κ1) is 25.6. The lowest BCUT2D eigenvalue weighted by Crippen LogP contribution is -2.21. The predicted molar refractivity (Wildman–Crippen MR) is 161 cm³/mol. The number of rotatable bonds is 3. The third-order valence-electron chi connectivity index (χ3n) is 7.82. The Kier molecular flexibility index (Phi) is 6.07. The maximum Gasteiger partial charge on any atom is 0.0523 e. The number of fused-ring (bicyclic) bond motifs is 3. The van der Waals surface area contributed by atoms with Crippen LogP contribution in [0.2, 0.25) is 5.02 Å². The van der Waals surface area contributed by atoms with Crippen molar-refractivity contribution >= 4 is 28.7 Å². The number of anilines is 3. The zero-order valence-corrected chi connectivity index (χ0v) is 24.2. The molecule has 0 heterocycles. The second kappa shape index (κ2) is 8.77. The normalized spacial score (nSPS) is 14.3. The van der Waals surface area contributed by atoms with E-state index in [4.69, 9.17) is 11.6 Å². The van der Waals surface area contributed by atoms with Crippen molar-refractivity contribution in [2.75, 3.05) is 4.90 Å². The minimum absolute atomic E-state index is 0.0959. The molecule has 0 fully saturated rings. The van der Waals surface area contributed by atoms with Gasteiger partial charge in [0.25, 0.3) is 0 Å². The highest BCUT2D eigenvalue weighted by molar-refractivity contribution is 6.31. The first-order chi connectivity index (χ1) is 17.3. The van der Waals surface area contributed by atoms with Gasteiger partial charge in [0.05, 0.1) is 5.69 Å². The van der Waals surface area contributed by atoms with E-state index in [0.717, 1.165) is 22.1 Å². The highest BCUT2D eigenvalue weighted by Crippen LogP contribution is 2.55. The molecule has 0 N–H and O–H groups in total. The molecule has 1 nitrogen and oxygen atoms in total. The number of hydrogen-bond donors (Lipinski definition) is 0. The van der Waals surface area contributed by atoms with Crippen molar-refractivity contribution in [2.24, 2.45) is 0 Å². The van der Waals surface area contributed by atoms with Gasteiger partial charge in [-0.15, -0.1) is 0 Å². The predicted octanol–water partition coefficient (Wildman–Crippen LogP) is 10.7. The summed E-state index contributed by atoms with van der Waals surface area (Å²) >= 11 is 6.85. The Labute approximate surface area is 228 Å². The zero-order valence-electron chi connectivity index (χ0n) is 23.4. The maximum atomic E-state index is 6.85. The molecule has 0 radical (unpaired) electrons. The summed E-state index contributed by atoms with van der Waals surface area (Å²) in [5, 5.41) is 0.754. The van der Waals surface area contributed by atoms with Crippen LogP contribution < -0.4 is 4.90 Å². The monoisotopic (exact) mass is 507 g/mol. The summed E-state index contributed by atoms with van der Waals surface area (Å²) in [5.74, 6) is 0. The molecule has 2 heteroatoms. The average Bonchev–Trinajstić information content (AvgIpc) is 3.05. The van der Waals surface area contributed by atoms with E-state index in [1.165, 1.54) is 33.4 Å². The molecule has 0 aromatic heterocycles. The molecule has 5 rings (SSSR count).